The van der Waals surface area contributed by atoms with Crippen LogP contribution in [0.4, 0.5) is 0 Å². The molecule has 0 saturated carbocycles. The van der Waals surface area contributed by atoms with Crippen LogP contribution >= 0.6 is 0 Å². The Morgan fingerprint density at radius 3 is 2.13 bits per heavy atom. The van der Waals surface area contributed by atoms with Crippen LogP contribution in [0, 0.1) is 0 Å². The van der Waals surface area contributed by atoms with E-state index in [9.17, 15) is 9.59 Å². The molecule has 0 heterocycles. The molecule has 0 radical (unpaired) electrons. The number of hydrogen-bond acceptors (Lipinski definition) is 5. The van der Waals surface area contributed by atoms with Gasteiger partial charge in [0, 0.05) is 13.0 Å². The average Bonchev–Trinajstić information content (AvgIpc) is 2.95. The molecule has 38 heavy (non-hydrogen) atoms. The van der Waals surface area contributed by atoms with Crippen molar-refractivity contribution in [2.45, 2.75) is 26.2 Å². The molecule has 4 aromatic carbocycles. The van der Waals surface area contributed by atoms with Gasteiger partial charge in [0.05, 0.1) is 12.7 Å². The fraction of sp³-hybridized carbons (Fsp3) is 0.250. The maximum atomic E-state index is 11.8. The summed E-state index contributed by atoms with van der Waals surface area (Å²) in [6.45, 7) is 3.45. The van der Waals surface area contributed by atoms with E-state index in [0.717, 1.165) is 46.2 Å². The first-order chi connectivity index (χ1) is 18.6. The van der Waals surface area contributed by atoms with Gasteiger partial charge in [0.25, 0.3) is 0 Å². The second-order valence-electron chi connectivity index (χ2n) is 8.94. The van der Waals surface area contributed by atoms with Crippen molar-refractivity contribution in [3.05, 3.63) is 96.1 Å². The maximum absolute atomic E-state index is 11.8. The van der Waals surface area contributed by atoms with Crippen LogP contribution in [-0.2, 0) is 16.0 Å². The van der Waals surface area contributed by atoms with Crippen molar-refractivity contribution in [3.8, 4) is 22.6 Å². The van der Waals surface area contributed by atoms with Crippen LogP contribution in [0.25, 0.3) is 21.9 Å². The number of fused-ring (bicyclic) bond motifs is 1. The Labute approximate surface area is 223 Å². The first-order valence-electron chi connectivity index (χ1n) is 12.9. The van der Waals surface area contributed by atoms with Gasteiger partial charge in [0.2, 0.25) is 5.91 Å². The van der Waals surface area contributed by atoms with Gasteiger partial charge in [-0.25, -0.2) is 4.79 Å². The van der Waals surface area contributed by atoms with Gasteiger partial charge < -0.3 is 19.5 Å². The monoisotopic (exact) mass is 511 g/mol. The molecule has 4 rings (SSSR count). The molecular formula is C32H33NO5. The minimum atomic E-state index is -0.348. The number of amides is 1. The molecule has 1 amide bonds. The van der Waals surface area contributed by atoms with Crippen molar-refractivity contribution in [2.24, 2.45) is 0 Å². The Balaban J connectivity index is 1.28. The van der Waals surface area contributed by atoms with Gasteiger partial charge in [-0.3, -0.25) is 4.79 Å². The number of nitrogens with one attached hydrogen (secondary N) is 1. The van der Waals surface area contributed by atoms with E-state index in [2.05, 4.69) is 29.6 Å². The van der Waals surface area contributed by atoms with E-state index in [0.29, 0.717) is 31.7 Å². The van der Waals surface area contributed by atoms with Crippen molar-refractivity contribution in [1.29, 1.82) is 0 Å². The Kier molecular flexibility index (Phi) is 9.35. The van der Waals surface area contributed by atoms with Crippen molar-refractivity contribution < 1.29 is 23.8 Å². The summed E-state index contributed by atoms with van der Waals surface area (Å²) in [5, 5.41) is 5.26. The van der Waals surface area contributed by atoms with Crippen LogP contribution in [0.3, 0.4) is 0 Å². The third-order valence-electron chi connectivity index (χ3n) is 6.25. The molecule has 1 N–H and O–H groups in total. The molecule has 0 fully saturated rings. The molecule has 0 saturated heterocycles. The summed E-state index contributed by atoms with van der Waals surface area (Å²) < 4.78 is 16.6. The molecule has 0 atom stereocenters. The van der Waals surface area contributed by atoms with Gasteiger partial charge in [-0.2, -0.15) is 0 Å². The standard InChI is InChI=1S/C32H33NO5/c1-3-5-31(34)33-19-18-26-7-4-6-25-14-17-29(22-30(25)26)38-21-20-37-28-15-12-24(13-16-28)23-8-10-27(11-9-23)32(35)36-2/h4,6-17,22H,3,5,18-21H2,1-2H3,(H,33,34). The van der Waals surface area contributed by atoms with Crippen molar-refractivity contribution in [3.63, 3.8) is 0 Å². The number of methoxy groups -OCH3 is 1. The number of ether oxygens (including phenoxy) is 3. The van der Waals surface area contributed by atoms with E-state index in [1.54, 1.807) is 12.1 Å². The largest absolute Gasteiger partial charge is 0.490 e. The van der Waals surface area contributed by atoms with Crippen LogP contribution in [0.1, 0.15) is 35.7 Å². The quantitative estimate of drug-likeness (QED) is 0.181. The van der Waals surface area contributed by atoms with Gasteiger partial charge in [-0.05, 0) is 76.7 Å². The molecule has 0 aliphatic carbocycles. The number of esters is 1. The van der Waals surface area contributed by atoms with Gasteiger partial charge in [-0.15, -0.1) is 0 Å². The summed E-state index contributed by atoms with van der Waals surface area (Å²) in [7, 11) is 1.37. The fourth-order valence-electron chi connectivity index (χ4n) is 4.26. The number of carbonyl (C=O) groups excluding carboxylic acids is 2. The van der Waals surface area contributed by atoms with Crippen LogP contribution in [0.5, 0.6) is 11.5 Å². The van der Waals surface area contributed by atoms with Gasteiger partial charge in [0.1, 0.15) is 24.7 Å². The lowest BCUT2D eigenvalue weighted by atomic mass is 10.0. The summed E-state index contributed by atoms with van der Waals surface area (Å²) in [5.41, 5.74) is 3.74. The molecule has 6 heteroatoms. The summed E-state index contributed by atoms with van der Waals surface area (Å²) >= 11 is 0. The number of carbonyl (C=O) groups is 2. The summed E-state index contributed by atoms with van der Waals surface area (Å²) in [4.78, 5) is 23.4. The molecule has 0 aliphatic rings. The van der Waals surface area contributed by atoms with Crippen LogP contribution < -0.4 is 14.8 Å². The maximum Gasteiger partial charge on any atom is 0.337 e. The second kappa shape index (κ2) is 13.3. The zero-order valence-electron chi connectivity index (χ0n) is 21.9. The molecule has 0 spiro atoms. The highest BCUT2D eigenvalue weighted by molar-refractivity contribution is 5.90. The van der Waals surface area contributed by atoms with E-state index >= 15 is 0 Å². The highest BCUT2D eigenvalue weighted by Gasteiger charge is 2.07. The third kappa shape index (κ3) is 7.13. The highest BCUT2D eigenvalue weighted by Crippen LogP contribution is 2.25. The highest BCUT2D eigenvalue weighted by atomic mass is 16.5. The predicted molar refractivity (Wildman–Crippen MR) is 150 cm³/mol. The zero-order chi connectivity index (χ0) is 26.7. The summed E-state index contributed by atoms with van der Waals surface area (Å²) in [6, 6.07) is 27.4. The molecule has 0 aromatic heterocycles. The number of benzene rings is 4. The Morgan fingerprint density at radius 2 is 1.45 bits per heavy atom. The van der Waals surface area contributed by atoms with E-state index in [1.165, 1.54) is 12.7 Å². The molecule has 4 aromatic rings. The minimum absolute atomic E-state index is 0.0979. The van der Waals surface area contributed by atoms with E-state index < -0.39 is 0 Å². The molecule has 0 unspecified atom stereocenters. The zero-order valence-corrected chi connectivity index (χ0v) is 21.9. The molecule has 196 valence electrons. The van der Waals surface area contributed by atoms with E-state index in [-0.39, 0.29) is 11.9 Å². The minimum Gasteiger partial charge on any atom is -0.490 e. The van der Waals surface area contributed by atoms with Crippen molar-refractivity contribution in [1.82, 2.24) is 5.32 Å². The second-order valence-corrected chi connectivity index (χ2v) is 8.94. The smallest absolute Gasteiger partial charge is 0.337 e. The predicted octanol–water partition coefficient (Wildman–Crippen LogP) is 6.21. The van der Waals surface area contributed by atoms with Crippen LogP contribution in [0.2, 0.25) is 0 Å². The van der Waals surface area contributed by atoms with Gasteiger partial charge in [-0.1, -0.05) is 55.5 Å². The fourth-order valence-corrected chi connectivity index (χ4v) is 4.26. The average molecular weight is 512 g/mol. The van der Waals surface area contributed by atoms with Crippen LogP contribution in [-0.4, -0.2) is 38.7 Å². The number of hydrogen-bond donors (Lipinski definition) is 1. The summed E-state index contributed by atoms with van der Waals surface area (Å²) in [6.07, 6.45) is 2.18. The third-order valence-corrected chi connectivity index (χ3v) is 6.25. The van der Waals surface area contributed by atoms with Crippen molar-refractivity contribution in [2.75, 3.05) is 26.9 Å². The molecule has 0 bridgehead atoms. The molecule has 0 aliphatic heterocycles. The number of rotatable bonds is 12. The van der Waals surface area contributed by atoms with Crippen molar-refractivity contribution >= 4 is 22.6 Å². The lowest BCUT2D eigenvalue weighted by Gasteiger charge is -2.12. The van der Waals surface area contributed by atoms with Gasteiger partial charge in [0.15, 0.2) is 0 Å². The Morgan fingerprint density at radius 1 is 0.789 bits per heavy atom. The first-order valence-corrected chi connectivity index (χ1v) is 12.9. The molecular weight excluding hydrogens is 478 g/mol. The van der Waals surface area contributed by atoms with Gasteiger partial charge >= 0.3 is 5.97 Å². The first kappa shape index (κ1) is 26.7. The van der Waals surface area contributed by atoms with E-state index in [1.807, 2.05) is 55.5 Å². The topological polar surface area (TPSA) is 73.9 Å². The van der Waals surface area contributed by atoms with E-state index in [4.69, 9.17) is 14.2 Å². The lowest BCUT2D eigenvalue weighted by Crippen LogP contribution is -2.25. The Hall–Kier alpha value is -4.32. The molecule has 6 nitrogen and oxygen atoms in total. The normalized spacial score (nSPS) is 10.7. The lowest BCUT2D eigenvalue weighted by molar-refractivity contribution is -0.121. The SMILES string of the molecule is CCCC(=O)NCCc1cccc2ccc(OCCOc3ccc(-c4ccc(C(=O)OC)cc4)cc3)cc12. The Bertz CT molecular complexity index is 1360. The van der Waals surface area contributed by atoms with Crippen LogP contribution in [0.15, 0.2) is 84.9 Å². The summed E-state index contributed by atoms with van der Waals surface area (Å²) in [5.74, 6) is 1.30.